The van der Waals surface area contributed by atoms with Gasteiger partial charge in [0.1, 0.15) is 0 Å². The summed E-state index contributed by atoms with van der Waals surface area (Å²) in [6.45, 7) is 15.4. The van der Waals surface area contributed by atoms with E-state index in [0.29, 0.717) is 31.0 Å². The minimum absolute atomic E-state index is 0.0532. The molecule has 0 aliphatic rings. The number of nitrogens with one attached hydrogen (secondary N) is 3. The van der Waals surface area contributed by atoms with E-state index < -0.39 is 0 Å². The van der Waals surface area contributed by atoms with Crippen molar-refractivity contribution in [2.75, 3.05) is 25.5 Å². The molecular formula is C22H39N5O. The van der Waals surface area contributed by atoms with Crippen LogP contribution in [0.4, 0.5) is 5.69 Å². The Hall–Kier alpha value is -2.08. The first-order chi connectivity index (χ1) is 13.2. The predicted molar refractivity (Wildman–Crippen MR) is 120 cm³/mol. The molecule has 3 N–H and O–H groups in total. The highest BCUT2D eigenvalue weighted by atomic mass is 16.1. The smallest absolute Gasteiger partial charge is 0.224 e. The monoisotopic (exact) mass is 389 g/mol. The Kier molecular flexibility index (Phi) is 10.6. The molecular weight excluding hydrogens is 350 g/mol. The predicted octanol–water partition coefficient (Wildman–Crippen LogP) is 3.46. The van der Waals surface area contributed by atoms with Crippen molar-refractivity contribution in [2.24, 2.45) is 10.9 Å². The second-order valence-electron chi connectivity index (χ2n) is 8.12. The summed E-state index contributed by atoms with van der Waals surface area (Å²) >= 11 is 0. The highest BCUT2D eigenvalue weighted by Gasteiger charge is 2.12. The maximum Gasteiger partial charge on any atom is 0.224 e. The molecule has 0 saturated carbocycles. The summed E-state index contributed by atoms with van der Waals surface area (Å²) in [5.74, 6) is 1.18. The zero-order chi connectivity index (χ0) is 21.1. The van der Waals surface area contributed by atoms with E-state index in [0.717, 1.165) is 30.3 Å². The van der Waals surface area contributed by atoms with Gasteiger partial charge in [0.15, 0.2) is 5.96 Å². The molecule has 0 spiro atoms. The summed E-state index contributed by atoms with van der Waals surface area (Å²) in [5, 5.41) is 9.68. The molecule has 158 valence electrons. The number of carbonyl (C=O) groups is 1. The summed E-state index contributed by atoms with van der Waals surface area (Å²) in [6.07, 6.45) is 0.531. The normalized spacial score (nSPS) is 12.2. The van der Waals surface area contributed by atoms with Crippen molar-refractivity contribution in [3.8, 4) is 0 Å². The molecule has 1 aromatic carbocycles. The molecule has 0 heterocycles. The van der Waals surface area contributed by atoms with E-state index in [4.69, 9.17) is 0 Å². The van der Waals surface area contributed by atoms with E-state index in [-0.39, 0.29) is 5.91 Å². The quantitative estimate of drug-likeness (QED) is 0.423. The number of carbonyl (C=O) groups excluding carboxylic acids is 1. The number of aliphatic imine (C=N–C) groups is 1. The lowest BCUT2D eigenvalue weighted by Crippen LogP contribution is -2.45. The van der Waals surface area contributed by atoms with Crippen molar-refractivity contribution in [3.63, 3.8) is 0 Å². The molecule has 0 radical (unpaired) electrons. The molecule has 1 amide bonds. The van der Waals surface area contributed by atoms with Crippen LogP contribution in [0.1, 0.15) is 53.5 Å². The highest BCUT2D eigenvalue weighted by Crippen LogP contribution is 2.12. The molecule has 1 aromatic rings. The van der Waals surface area contributed by atoms with Crippen molar-refractivity contribution in [1.82, 2.24) is 15.5 Å². The van der Waals surface area contributed by atoms with Gasteiger partial charge in [0.2, 0.25) is 5.91 Å². The number of hydrogen-bond donors (Lipinski definition) is 3. The fraction of sp³-hybridized carbons (Fsp3) is 0.636. The van der Waals surface area contributed by atoms with E-state index in [1.165, 1.54) is 0 Å². The fourth-order valence-corrected chi connectivity index (χ4v) is 3.16. The van der Waals surface area contributed by atoms with E-state index in [1.807, 2.05) is 38.1 Å². The van der Waals surface area contributed by atoms with Gasteiger partial charge in [-0.1, -0.05) is 26.0 Å². The van der Waals surface area contributed by atoms with Crippen LogP contribution in [0, 0.1) is 5.92 Å². The summed E-state index contributed by atoms with van der Waals surface area (Å²) in [6, 6.07) is 8.95. The number of hydrogen-bond acceptors (Lipinski definition) is 3. The number of benzene rings is 1. The van der Waals surface area contributed by atoms with Gasteiger partial charge in [0.05, 0.1) is 0 Å². The minimum Gasteiger partial charge on any atom is -0.355 e. The lowest BCUT2D eigenvalue weighted by Gasteiger charge is -2.30. The average Bonchev–Trinajstić information content (AvgIpc) is 2.60. The maximum absolute atomic E-state index is 12.0. The van der Waals surface area contributed by atoms with E-state index in [9.17, 15) is 4.79 Å². The molecule has 0 unspecified atom stereocenters. The first-order valence-corrected chi connectivity index (χ1v) is 10.3. The molecule has 6 nitrogen and oxygen atoms in total. The minimum atomic E-state index is 0.0532. The van der Waals surface area contributed by atoms with Crippen LogP contribution >= 0.6 is 0 Å². The molecule has 0 saturated heterocycles. The van der Waals surface area contributed by atoms with Gasteiger partial charge in [-0.3, -0.25) is 14.7 Å². The zero-order valence-electron chi connectivity index (χ0n) is 18.7. The van der Waals surface area contributed by atoms with Crippen LogP contribution in [0.15, 0.2) is 29.3 Å². The Labute approximate surface area is 171 Å². The Bertz CT molecular complexity index is 617. The lowest BCUT2D eigenvalue weighted by atomic mass is 10.1. The Morgan fingerprint density at radius 3 is 2.32 bits per heavy atom. The van der Waals surface area contributed by atoms with E-state index in [2.05, 4.69) is 53.5 Å². The maximum atomic E-state index is 12.0. The topological polar surface area (TPSA) is 68.8 Å². The molecule has 0 bridgehead atoms. The number of guanidine groups is 1. The average molecular weight is 390 g/mol. The number of anilines is 1. The van der Waals surface area contributed by atoms with Gasteiger partial charge in [-0.25, -0.2) is 0 Å². The van der Waals surface area contributed by atoms with Crippen LogP contribution in [0.3, 0.4) is 0 Å². The highest BCUT2D eigenvalue weighted by molar-refractivity contribution is 5.90. The molecule has 0 aliphatic heterocycles. The van der Waals surface area contributed by atoms with Crippen LogP contribution in [-0.2, 0) is 11.3 Å². The molecule has 0 atom stereocenters. The van der Waals surface area contributed by atoms with Crippen molar-refractivity contribution in [3.05, 3.63) is 29.8 Å². The Morgan fingerprint density at radius 2 is 1.75 bits per heavy atom. The van der Waals surface area contributed by atoms with Crippen molar-refractivity contribution in [1.29, 1.82) is 0 Å². The fourth-order valence-electron chi connectivity index (χ4n) is 3.16. The van der Waals surface area contributed by atoms with Gasteiger partial charge in [-0.15, -0.1) is 0 Å². The summed E-state index contributed by atoms with van der Waals surface area (Å²) in [7, 11) is 1.78. The van der Waals surface area contributed by atoms with Crippen molar-refractivity contribution >= 4 is 17.6 Å². The van der Waals surface area contributed by atoms with Crippen LogP contribution in [0.5, 0.6) is 0 Å². The lowest BCUT2D eigenvalue weighted by molar-refractivity contribution is -0.116. The summed E-state index contributed by atoms with van der Waals surface area (Å²) in [4.78, 5) is 18.7. The summed E-state index contributed by atoms with van der Waals surface area (Å²) < 4.78 is 0. The number of rotatable bonds is 10. The number of amides is 1. The number of nitrogens with zero attached hydrogens (tertiary/aromatic N) is 2. The van der Waals surface area contributed by atoms with Gasteiger partial charge >= 0.3 is 0 Å². The van der Waals surface area contributed by atoms with Gasteiger partial charge < -0.3 is 16.0 Å². The first-order valence-electron chi connectivity index (χ1n) is 10.3. The SMILES string of the molecule is CN=C(NCCN(C(C)C)C(C)C)NCc1cccc(NC(=O)CC(C)C)c1. The van der Waals surface area contributed by atoms with Crippen LogP contribution < -0.4 is 16.0 Å². The molecule has 0 aliphatic carbocycles. The molecule has 28 heavy (non-hydrogen) atoms. The van der Waals surface area contributed by atoms with Crippen LogP contribution in [0.25, 0.3) is 0 Å². The largest absolute Gasteiger partial charge is 0.355 e. The molecule has 1 rings (SSSR count). The third-order valence-electron chi connectivity index (χ3n) is 4.48. The molecule has 0 aromatic heterocycles. The molecule has 6 heteroatoms. The standard InChI is InChI=1S/C22H39N5O/c1-16(2)13-21(28)26-20-10-8-9-19(14-20)15-25-22(23-7)24-11-12-27(17(3)4)18(5)6/h8-10,14,16-18H,11-13,15H2,1-7H3,(H,26,28)(H2,23,24,25). The zero-order valence-corrected chi connectivity index (χ0v) is 18.7. The van der Waals surface area contributed by atoms with Crippen molar-refractivity contribution < 1.29 is 4.79 Å². The Balaban J connectivity index is 2.51. The molecule has 0 fully saturated rings. The third-order valence-corrected chi connectivity index (χ3v) is 4.48. The van der Waals surface area contributed by atoms with Gasteiger partial charge in [-0.2, -0.15) is 0 Å². The van der Waals surface area contributed by atoms with Crippen LogP contribution in [0.2, 0.25) is 0 Å². The second-order valence-corrected chi connectivity index (χ2v) is 8.12. The third kappa shape index (κ3) is 9.22. The van der Waals surface area contributed by atoms with Gasteiger partial charge in [0.25, 0.3) is 0 Å². The van der Waals surface area contributed by atoms with Gasteiger partial charge in [0, 0.05) is 50.9 Å². The van der Waals surface area contributed by atoms with Crippen molar-refractivity contribution in [2.45, 2.75) is 66.6 Å². The first kappa shape index (κ1) is 24.0. The Morgan fingerprint density at radius 1 is 1.07 bits per heavy atom. The van der Waals surface area contributed by atoms with Crippen LogP contribution in [-0.4, -0.2) is 49.0 Å². The van der Waals surface area contributed by atoms with E-state index in [1.54, 1.807) is 7.05 Å². The second kappa shape index (κ2) is 12.4. The van der Waals surface area contributed by atoms with Gasteiger partial charge in [-0.05, 0) is 51.3 Å². The van der Waals surface area contributed by atoms with E-state index >= 15 is 0 Å². The summed E-state index contributed by atoms with van der Waals surface area (Å²) in [5.41, 5.74) is 1.92.